The summed E-state index contributed by atoms with van der Waals surface area (Å²) in [6, 6.07) is 4.06. The molecule has 0 radical (unpaired) electrons. The number of aromatic nitrogens is 1. The van der Waals surface area contributed by atoms with Gasteiger partial charge in [0.15, 0.2) is 0 Å². The van der Waals surface area contributed by atoms with Crippen molar-refractivity contribution in [1.82, 2.24) is 9.88 Å². The maximum Gasteiger partial charge on any atom is 0.0588 e. The number of hydrogen-bond acceptors (Lipinski definition) is 3. The van der Waals surface area contributed by atoms with Crippen molar-refractivity contribution in [2.45, 2.75) is 39.3 Å². The van der Waals surface area contributed by atoms with E-state index in [-0.39, 0.29) is 0 Å². The van der Waals surface area contributed by atoms with Gasteiger partial charge in [-0.3, -0.25) is 9.88 Å². The van der Waals surface area contributed by atoms with Crippen LogP contribution in [0.1, 0.15) is 37.4 Å². The maximum absolute atomic E-state index is 5.76. The Morgan fingerprint density at radius 1 is 1.47 bits per heavy atom. The van der Waals surface area contributed by atoms with E-state index in [0.717, 1.165) is 24.7 Å². The molecule has 0 atom stereocenters. The lowest BCUT2D eigenvalue weighted by Crippen LogP contribution is -2.27. The zero-order valence-electron chi connectivity index (χ0n) is 10.7. The molecule has 1 aliphatic rings. The second-order valence-corrected chi connectivity index (χ2v) is 4.99. The monoisotopic (exact) mass is 233 g/mol. The van der Waals surface area contributed by atoms with Crippen molar-refractivity contribution in [3.8, 4) is 0 Å². The summed E-state index contributed by atoms with van der Waals surface area (Å²) < 4.78 is 0. The van der Waals surface area contributed by atoms with Gasteiger partial charge in [-0.2, -0.15) is 0 Å². The summed E-state index contributed by atoms with van der Waals surface area (Å²) in [4.78, 5) is 7.00. The van der Waals surface area contributed by atoms with Crippen LogP contribution in [0, 0.1) is 5.92 Å². The highest BCUT2D eigenvalue weighted by atomic mass is 15.1. The maximum atomic E-state index is 5.76. The van der Waals surface area contributed by atoms with E-state index >= 15 is 0 Å². The minimum atomic E-state index is 0.590. The van der Waals surface area contributed by atoms with Crippen molar-refractivity contribution in [2.75, 3.05) is 13.1 Å². The van der Waals surface area contributed by atoms with Gasteiger partial charge in [0, 0.05) is 25.8 Å². The van der Waals surface area contributed by atoms with E-state index < -0.39 is 0 Å². The first-order valence-corrected chi connectivity index (χ1v) is 6.68. The van der Waals surface area contributed by atoms with E-state index in [0.29, 0.717) is 6.54 Å². The van der Waals surface area contributed by atoms with Gasteiger partial charge in [-0.25, -0.2) is 0 Å². The molecule has 3 heteroatoms. The fourth-order valence-electron chi connectivity index (χ4n) is 2.23. The average Bonchev–Trinajstić information content (AvgIpc) is 3.14. The minimum Gasteiger partial charge on any atom is -0.326 e. The van der Waals surface area contributed by atoms with Crippen molar-refractivity contribution in [1.29, 1.82) is 0 Å². The van der Waals surface area contributed by atoms with Crippen molar-refractivity contribution >= 4 is 0 Å². The highest BCUT2D eigenvalue weighted by molar-refractivity contribution is 5.19. The molecule has 0 unspecified atom stereocenters. The largest absolute Gasteiger partial charge is 0.326 e. The first-order valence-electron chi connectivity index (χ1n) is 6.68. The van der Waals surface area contributed by atoms with Crippen LogP contribution < -0.4 is 5.73 Å². The third-order valence-electron chi connectivity index (χ3n) is 3.33. The summed E-state index contributed by atoms with van der Waals surface area (Å²) in [6.45, 7) is 6.18. The van der Waals surface area contributed by atoms with Crippen LogP contribution in [-0.4, -0.2) is 23.0 Å². The Labute approximate surface area is 104 Å². The molecule has 94 valence electrons. The van der Waals surface area contributed by atoms with Crippen molar-refractivity contribution in [2.24, 2.45) is 11.7 Å². The lowest BCUT2D eigenvalue weighted by molar-refractivity contribution is 0.251. The molecule has 0 spiro atoms. The summed E-state index contributed by atoms with van der Waals surface area (Å²) in [7, 11) is 0. The Morgan fingerprint density at radius 3 is 2.94 bits per heavy atom. The predicted octanol–water partition coefficient (Wildman–Crippen LogP) is 2.16. The molecular formula is C14H23N3. The van der Waals surface area contributed by atoms with Gasteiger partial charge >= 0.3 is 0 Å². The summed E-state index contributed by atoms with van der Waals surface area (Å²) in [6.07, 6.45) is 5.89. The Balaban J connectivity index is 1.99. The predicted molar refractivity (Wildman–Crippen MR) is 70.4 cm³/mol. The summed E-state index contributed by atoms with van der Waals surface area (Å²) in [5.74, 6) is 0.937. The van der Waals surface area contributed by atoms with Crippen LogP contribution in [0.3, 0.4) is 0 Å². The van der Waals surface area contributed by atoms with E-state index in [1.54, 1.807) is 0 Å². The molecule has 0 saturated heterocycles. The first-order chi connectivity index (χ1) is 8.33. The molecule has 0 bridgehead atoms. The van der Waals surface area contributed by atoms with Gasteiger partial charge in [-0.15, -0.1) is 0 Å². The van der Waals surface area contributed by atoms with Gasteiger partial charge in [-0.05, 0) is 43.4 Å². The SMILES string of the molecule is CCCN(Cc1ncccc1CN)CC1CC1. The van der Waals surface area contributed by atoms with Crippen LogP contribution in [0.5, 0.6) is 0 Å². The topological polar surface area (TPSA) is 42.2 Å². The van der Waals surface area contributed by atoms with Gasteiger partial charge in [0.05, 0.1) is 5.69 Å². The number of nitrogens with zero attached hydrogens (tertiary/aromatic N) is 2. The highest BCUT2D eigenvalue weighted by Gasteiger charge is 2.24. The Morgan fingerprint density at radius 2 is 2.29 bits per heavy atom. The summed E-state index contributed by atoms with van der Waals surface area (Å²) >= 11 is 0. The molecule has 3 nitrogen and oxygen atoms in total. The molecule has 2 N–H and O–H groups in total. The molecular weight excluding hydrogens is 210 g/mol. The zero-order chi connectivity index (χ0) is 12.1. The zero-order valence-corrected chi connectivity index (χ0v) is 10.7. The molecule has 1 saturated carbocycles. The Bertz CT molecular complexity index is 347. The Kier molecular flexibility index (Phi) is 4.51. The molecule has 0 amide bonds. The van der Waals surface area contributed by atoms with Gasteiger partial charge in [-0.1, -0.05) is 13.0 Å². The van der Waals surface area contributed by atoms with Gasteiger partial charge in [0.25, 0.3) is 0 Å². The normalized spacial score (nSPS) is 15.5. The van der Waals surface area contributed by atoms with Crippen LogP contribution >= 0.6 is 0 Å². The van der Waals surface area contributed by atoms with Crippen LogP contribution in [-0.2, 0) is 13.1 Å². The van der Waals surface area contributed by atoms with Crippen molar-refractivity contribution in [3.05, 3.63) is 29.6 Å². The molecule has 1 aromatic heterocycles. The van der Waals surface area contributed by atoms with E-state index in [1.807, 2.05) is 12.3 Å². The third-order valence-corrected chi connectivity index (χ3v) is 3.33. The Hall–Kier alpha value is -0.930. The molecule has 1 aromatic rings. The third kappa shape index (κ3) is 3.79. The van der Waals surface area contributed by atoms with Crippen LogP contribution in [0.15, 0.2) is 18.3 Å². The molecule has 2 rings (SSSR count). The molecule has 0 aliphatic heterocycles. The van der Waals surface area contributed by atoms with Crippen LogP contribution in [0.25, 0.3) is 0 Å². The van der Waals surface area contributed by atoms with E-state index in [9.17, 15) is 0 Å². The second kappa shape index (κ2) is 6.12. The van der Waals surface area contributed by atoms with E-state index in [4.69, 9.17) is 5.73 Å². The van der Waals surface area contributed by atoms with Crippen molar-refractivity contribution in [3.63, 3.8) is 0 Å². The number of rotatable bonds is 7. The average molecular weight is 233 g/mol. The van der Waals surface area contributed by atoms with E-state index in [1.165, 1.54) is 31.4 Å². The van der Waals surface area contributed by atoms with E-state index in [2.05, 4.69) is 22.9 Å². The molecule has 17 heavy (non-hydrogen) atoms. The van der Waals surface area contributed by atoms with Gasteiger partial charge in [0.1, 0.15) is 0 Å². The lowest BCUT2D eigenvalue weighted by atomic mass is 10.1. The molecule has 0 aromatic carbocycles. The summed E-state index contributed by atoms with van der Waals surface area (Å²) in [5, 5.41) is 0. The molecule has 1 aliphatic carbocycles. The molecule has 1 heterocycles. The quantitative estimate of drug-likeness (QED) is 0.784. The molecule has 1 fully saturated rings. The first kappa shape index (κ1) is 12.5. The summed E-state index contributed by atoms with van der Waals surface area (Å²) in [5.41, 5.74) is 8.10. The lowest BCUT2D eigenvalue weighted by Gasteiger charge is -2.22. The smallest absolute Gasteiger partial charge is 0.0588 e. The van der Waals surface area contributed by atoms with Crippen molar-refractivity contribution < 1.29 is 0 Å². The number of hydrogen-bond donors (Lipinski definition) is 1. The minimum absolute atomic E-state index is 0.590. The second-order valence-electron chi connectivity index (χ2n) is 4.99. The highest BCUT2D eigenvalue weighted by Crippen LogP contribution is 2.30. The number of pyridine rings is 1. The fraction of sp³-hybridized carbons (Fsp3) is 0.643. The number of nitrogens with two attached hydrogens (primary N) is 1. The van der Waals surface area contributed by atoms with Crippen LogP contribution in [0.2, 0.25) is 0 Å². The fourth-order valence-corrected chi connectivity index (χ4v) is 2.23. The van der Waals surface area contributed by atoms with Gasteiger partial charge in [0.2, 0.25) is 0 Å². The standard InChI is InChI=1S/C14H23N3/c1-2-8-17(10-12-5-6-12)11-14-13(9-15)4-3-7-16-14/h3-4,7,12H,2,5-6,8-11,15H2,1H3. The van der Waals surface area contributed by atoms with Crippen LogP contribution in [0.4, 0.5) is 0 Å². The van der Waals surface area contributed by atoms with Gasteiger partial charge < -0.3 is 5.73 Å².